The Morgan fingerprint density at radius 2 is 1.90 bits per heavy atom. The Morgan fingerprint density at radius 1 is 1.17 bits per heavy atom. The van der Waals surface area contributed by atoms with Gasteiger partial charge in [-0.05, 0) is 6.07 Å². The number of hydrogen-bond acceptors (Lipinski definition) is 7. The first kappa shape index (κ1) is 20.1. The van der Waals surface area contributed by atoms with Crippen molar-refractivity contribution in [3.8, 4) is 0 Å². The van der Waals surface area contributed by atoms with Crippen LogP contribution in [0.1, 0.15) is 22.3 Å². The van der Waals surface area contributed by atoms with Crippen LogP contribution >= 0.6 is 0 Å². The minimum Gasteiger partial charge on any atom is -0.379 e. The highest BCUT2D eigenvalue weighted by molar-refractivity contribution is 6.10. The van der Waals surface area contributed by atoms with Crippen molar-refractivity contribution in [2.75, 3.05) is 37.9 Å². The number of ether oxygens (including phenoxy) is 1. The Labute approximate surface area is 172 Å². The van der Waals surface area contributed by atoms with Gasteiger partial charge in [0.05, 0.1) is 36.9 Å². The van der Waals surface area contributed by atoms with Gasteiger partial charge in [-0.25, -0.2) is 0 Å². The number of nitro groups is 1. The summed E-state index contributed by atoms with van der Waals surface area (Å²) in [5.41, 5.74) is -1.25. The summed E-state index contributed by atoms with van der Waals surface area (Å²) in [6, 6.07) is 12.1. The van der Waals surface area contributed by atoms with E-state index in [0.717, 1.165) is 6.07 Å². The number of rotatable bonds is 6. The average Bonchev–Trinajstić information content (AvgIpc) is 2.96. The van der Waals surface area contributed by atoms with E-state index in [-0.39, 0.29) is 17.9 Å². The van der Waals surface area contributed by atoms with E-state index in [2.05, 4.69) is 0 Å². The summed E-state index contributed by atoms with van der Waals surface area (Å²) in [6.07, 6.45) is -0.496. The Kier molecular flexibility index (Phi) is 5.33. The van der Waals surface area contributed by atoms with Gasteiger partial charge in [0.15, 0.2) is 11.4 Å². The smallest absolute Gasteiger partial charge is 0.270 e. The molecule has 1 atom stereocenters. The number of para-hydroxylation sites is 1. The number of non-ortho nitro benzene ring substituents is 1. The number of carbonyl (C=O) groups is 2. The molecule has 1 fully saturated rings. The summed E-state index contributed by atoms with van der Waals surface area (Å²) < 4.78 is 5.34. The molecule has 30 heavy (non-hydrogen) atoms. The Bertz CT molecular complexity index is 1000. The lowest BCUT2D eigenvalue weighted by Gasteiger charge is -2.31. The number of morpholine rings is 1. The maximum absolute atomic E-state index is 13.3. The second-order valence-electron chi connectivity index (χ2n) is 7.39. The van der Waals surface area contributed by atoms with Gasteiger partial charge in [-0.3, -0.25) is 29.5 Å². The number of anilines is 1. The molecule has 1 saturated heterocycles. The van der Waals surface area contributed by atoms with Crippen molar-refractivity contribution in [1.82, 2.24) is 4.90 Å². The SMILES string of the molecule is O=C(CC1(O)C(=O)N(CN2CCOCC2)c2ccccc21)c1cccc([N+](=O)[O-])c1. The second kappa shape index (κ2) is 7.94. The predicted molar refractivity (Wildman–Crippen MR) is 107 cm³/mol. The van der Waals surface area contributed by atoms with Crippen molar-refractivity contribution in [3.05, 3.63) is 69.8 Å². The normalized spacial score (nSPS) is 21.5. The number of amides is 1. The molecule has 1 amide bonds. The molecule has 1 unspecified atom stereocenters. The molecule has 9 nitrogen and oxygen atoms in total. The average molecular weight is 411 g/mol. The van der Waals surface area contributed by atoms with E-state index in [4.69, 9.17) is 4.74 Å². The maximum atomic E-state index is 13.3. The standard InChI is InChI=1S/C21H21N3O6/c25-19(15-4-3-5-16(12-15)24(28)29)13-21(27)17-6-1-2-7-18(17)23(20(21)26)14-22-8-10-30-11-9-22/h1-7,12,27H,8-11,13-14H2. The van der Waals surface area contributed by atoms with Crippen LogP contribution < -0.4 is 4.90 Å². The highest BCUT2D eigenvalue weighted by Gasteiger charge is 2.51. The number of benzene rings is 2. The fraction of sp³-hybridized carbons (Fsp3) is 0.333. The maximum Gasteiger partial charge on any atom is 0.270 e. The number of carbonyl (C=O) groups excluding carboxylic acids is 2. The van der Waals surface area contributed by atoms with Gasteiger partial charge in [-0.1, -0.05) is 30.3 Å². The molecule has 1 N–H and O–H groups in total. The minimum atomic E-state index is -2.02. The van der Waals surface area contributed by atoms with Gasteiger partial charge in [-0.2, -0.15) is 0 Å². The number of aliphatic hydroxyl groups is 1. The molecule has 4 rings (SSSR count). The number of nitro benzene ring substituents is 1. The van der Waals surface area contributed by atoms with Crippen LogP contribution in [-0.2, 0) is 15.1 Å². The van der Waals surface area contributed by atoms with Gasteiger partial charge < -0.3 is 9.84 Å². The molecule has 0 radical (unpaired) electrons. The van der Waals surface area contributed by atoms with E-state index in [1.807, 2.05) is 4.90 Å². The summed E-state index contributed by atoms with van der Waals surface area (Å²) in [5.74, 6) is -1.12. The fourth-order valence-electron chi connectivity index (χ4n) is 3.89. The third-order valence-corrected chi connectivity index (χ3v) is 5.48. The first-order valence-corrected chi connectivity index (χ1v) is 9.62. The summed E-state index contributed by atoms with van der Waals surface area (Å²) in [5, 5.41) is 22.3. The van der Waals surface area contributed by atoms with Gasteiger partial charge in [0, 0.05) is 36.3 Å². The quantitative estimate of drug-likeness (QED) is 0.437. The third kappa shape index (κ3) is 3.58. The Hall–Kier alpha value is -3.14. The molecule has 2 heterocycles. The fourth-order valence-corrected chi connectivity index (χ4v) is 3.89. The van der Waals surface area contributed by atoms with Crippen LogP contribution in [0.4, 0.5) is 11.4 Å². The molecule has 0 aliphatic carbocycles. The molecular formula is C21H21N3O6. The van der Waals surface area contributed by atoms with E-state index < -0.39 is 28.6 Å². The Balaban J connectivity index is 1.62. The number of nitrogens with zero attached hydrogens (tertiary/aromatic N) is 3. The van der Waals surface area contributed by atoms with Crippen LogP contribution in [0.25, 0.3) is 0 Å². The van der Waals surface area contributed by atoms with E-state index >= 15 is 0 Å². The molecule has 0 bridgehead atoms. The van der Waals surface area contributed by atoms with Crippen LogP contribution in [0.2, 0.25) is 0 Å². The summed E-state index contributed by atoms with van der Waals surface area (Å²) >= 11 is 0. The monoisotopic (exact) mass is 411 g/mol. The van der Waals surface area contributed by atoms with Gasteiger partial charge in [0.25, 0.3) is 11.6 Å². The number of hydrogen-bond donors (Lipinski definition) is 1. The third-order valence-electron chi connectivity index (χ3n) is 5.48. The van der Waals surface area contributed by atoms with Crippen molar-refractivity contribution in [3.63, 3.8) is 0 Å². The van der Waals surface area contributed by atoms with Gasteiger partial charge in [-0.15, -0.1) is 0 Å². The van der Waals surface area contributed by atoms with Crippen molar-refractivity contribution in [2.24, 2.45) is 0 Å². The van der Waals surface area contributed by atoms with Gasteiger partial charge in [0.2, 0.25) is 0 Å². The largest absolute Gasteiger partial charge is 0.379 e. The van der Waals surface area contributed by atoms with Crippen LogP contribution in [0.5, 0.6) is 0 Å². The molecular weight excluding hydrogens is 390 g/mol. The van der Waals surface area contributed by atoms with Crippen LogP contribution in [0.3, 0.4) is 0 Å². The van der Waals surface area contributed by atoms with Crippen molar-refractivity contribution in [1.29, 1.82) is 0 Å². The lowest BCUT2D eigenvalue weighted by Crippen LogP contribution is -2.49. The van der Waals surface area contributed by atoms with E-state index in [0.29, 0.717) is 37.6 Å². The van der Waals surface area contributed by atoms with Gasteiger partial charge >= 0.3 is 0 Å². The van der Waals surface area contributed by atoms with E-state index in [9.17, 15) is 24.8 Å². The first-order chi connectivity index (χ1) is 14.4. The molecule has 0 aromatic heterocycles. The molecule has 2 aromatic rings. The van der Waals surface area contributed by atoms with Crippen molar-refractivity contribution < 1.29 is 24.4 Å². The molecule has 2 aliphatic heterocycles. The zero-order valence-corrected chi connectivity index (χ0v) is 16.2. The highest BCUT2D eigenvalue weighted by Crippen LogP contribution is 2.43. The topological polar surface area (TPSA) is 113 Å². The molecule has 9 heteroatoms. The van der Waals surface area contributed by atoms with Crippen LogP contribution in [0, 0.1) is 10.1 Å². The Morgan fingerprint density at radius 3 is 2.63 bits per heavy atom. The molecule has 2 aliphatic rings. The van der Waals surface area contributed by atoms with Crippen molar-refractivity contribution >= 4 is 23.1 Å². The number of fused-ring (bicyclic) bond motifs is 1. The van der Waals surface area contributed by atoms with Crippen LogP contribution in [0.15, 0.2) is 48.5 Å². The number of ketones is 1. The number of Topliss-reactive ketones (excluding diaryl/α,β-unsaturated/α-hetero) is 1. The first-order valence-electron chi connectivity index (χ1n) is 9.62. The molecule has 2 aromatic carbocycles. The van der Waals surface area contributed by atoms with E-state index in [1.54, 1.807) is 24.3 Å². The molecule has 156 valence electrons. The molecule has 0 spiro atoms. The predicted octanol–water partition coefficient (Wildman–Crippen LogP) is 1.69. The minimum absolute atomic E-state index is 0.0783. The summed E-state index contributed by atoms with van der Waals surface area (Å²) in [4.78, 5) is 40.1. The molecule has 0 saturated carbocycles. The zero-order chi connectivity index (χ0) is 21.3. The highest BCUT2D eigenvalue weighted by atomic mass is 16.6. The van der Waals surface area contributed by atoms with Gasteiger partial charge in [0.1, 0.15) is 0 Å². The van der Waals surface area contributed by atoms with Crippen molar-refractivity contribution in [2.45, 2.75) is 12.0 Å². The van der Waals surface area contributed by atoms with E-state index in [1.165, 1.54) is 23.1 Å². The lowest BCUT2D eigenvalue weighted by molar-refractivity contribution is -0.384. The zero-order valence-electron chi connectivity index (χ0n) is 16.2. The summed E-state index contributed by atoms with van der Waals surface area (Å²) in [6.45, 7) is 2.75. The van der Waals surface area contributed by atoms with Crippen LogP contribution in [-0.4, -0.2) is 59.6 Å². The second-order valence-corrected chi connectivity index (χ2v) is 7.39. The summed E-state index contributed by atoms with van der Waals surface area (Å²) in [7, 11) is 0. The lowest BCUT2D eigenvalue weighted by atomic mass is 9.88.